The Morgan fingerprint density at radius 1 is 1.31 bits per heavy atom. The highest BCUT2D eigenvalue weighted by atomic mass is 16.6. The van der Waals surface area contributed by atoms with E-state index in [0.717, 1.165) is 19.4 Å². The number of likely N-dealkylation sites (N-methyl/N-ethyl adjacent to an activating group) is 1. The van der Waals surface area contributed by atoms with E-state index in [9.17, 15) is 5.11 Å². The van der Waals surface area contributed by atoms with Gasteiger partial charge in [0.2, 0.25) is 0 Å². The fourth-order valence-electron chi connectivity index (χ4n) is 3.68. The number of nitrogens with zero attached hydrogens (tertiary/aromatic N) is 1. The molecule has 1 rings (SSSR count). The maximum absolute atomic E-state index is 10.7. The first-order valence-corrected chi connectivity index (χ1v) is 6.10. The molecular weight excluding hydrogens is 202 g/mol. The van der Waals surface area contributed by atoms with Gasteiger partial charge in [0.25, 0.3) is 0 Å². The van der Waals surface area contributed by atoms with Gasteiger partial charge in [-0.2, -0.15) is 0 Å². The fraction of sp³-hybridized carbons (Fsp3) is 0.846. The average molecular weight is 227 g/mol. The standard InChI is InChI=1S/C13H25NO2/c1-7-11(8-2)12(9-3,14(5)10-4)13(11,15)16-6/h7,15H,1,8-10H2,2-6H3. The van der Waals surface area contributed by atoms with Crippen LogP contribution in [0.4, 0.5) is 0 Å². The molecule has 0 amide bonds. The van der Waals surface area contributed by atoms with Crippen LogP contribution in [0.25, 0.3) is 0 Å². The van der Waals surface area contributed by atoms with Crippen LogP contribution < -0.4 is 0 Å². The van der Waals surface area contributed by atoms with Gasteiger partial charge in [-0.15, -0.1) is 6.58 Å². The summed E-state index contributed by atoms with van der Waals surface area (Å²) in [4.78, 5) is 2.18. The zero-order valence-electron chi connectivity index (χ0n) is 11.2. The molecule has 3 unspecified atom stereocenters. The number of hydrogen-bond acceptors (Lipinski definition) is 3. The lowest BCUT2D eigenvalue weighted by Crippen LogP contribution is -2.42. The Morgan fingerprint density at radius 2 is 1.88 bits per heavy atom. The van der Waals surface area contributed by atoms with Crippen LogP contribution in [0.2, 0.25) is 0 Å². The second-order valence-electron chi connectivity index (χ2n) is 4.61. The maximum Gasteiger partial charge on any atom is 0.196 e. The van der Waals surface area contributed by atoms with Crippen LogP contribution >= 0.6 is 0 Å². The monoisotopic (exact) mass is 227 g/mol. The molecule has 3 nitrogen and oxygen atoms in total. The Bertz CT molecular complexity index is 281. The van der Waals surface area contributed by atoms with Crippen molar-refractivity contribution in [1.29, 1.82) is 0 Å². The molecule has 0 saturated heterocycles. The van der Waals surface area contributed by atoms with E-state index in [2.05, 4.69) is 32.3 Å². The molecule has 0 aromatic carbocycles. The molecule has 0 aromatic heterocycles. The minimum Gasteiger partial charge on any atom is -0.363 e. The second-order valence-corrected chi connectivity index (χ2v) is 4.61. The van der Waals surface area contributed by atoms with Gasteiger partial charge in [-0.3, -0.25) is 4.90 Å². The molecule has 0 aliphatic heterocycles. The lowest BCUT2D eigenvalue weighted by molar-refractivity contribution is -0.149. The molecule has 0 bridgehead atoms. The zero-order chi connectivity index (χ0) is 12.6. The summed E-state index contributed by atoms with van der Waals surface area (Å²) in [5.41, 5.74) is -0.686. The van der Waals surface area contributed by atoms with Crippen molar-refractivity contribution in [2.24, 2.45) is 5.41 Å². The number of aliphatic hydroxyl groups is 1. The van der Waals surface area contributed by atoms with Crippen LogP contribution in [0, 0.1) is 5.41 Å². The predicted molar refractivity (Wildman–Crippen MR) is 66.2 cm³/mol. The molecular formula is C13H25NO2. The summed E-state index contributed by atoms with van der Waals surface area (Å²) in [7, 11) is 3.61. The number of hydrogen-bond donors (Lipinski definition) is 1. The average Bonchev–Trinajstić information content (AvgIpc) is 2.83. The van der Waals surface area contributed by atoms with E-state index in [1.54, 1.807) is 7.11 Å². The lowest BCUT2D eigenvalue weighted by Gasteiger charge is -2.30. The minimum atomic E-state index is -1.10. The van der Waals surface area contributed by atoms with E-state index in [0.29, 0.717) is 0 Å². The molecule has 1 aliphatic rings. The quantitative estimate of drug-likeness (QED) is 0.556. The van der Waals surface area contributed by atoms with E-state index in [4.69, 9.17) is 4.74 Å². The summed E-state index contributed by atoms with van der Waals surface area (Å²) in [6.07, 6.45) is 3.55. The van der Waals surface area contributed by atoms with E-state index < -0.39 is 5.79 Å². The highest BCUT2D eigenvalue weighted by Gasteiger charge is 2.86. The molecule has 3 heteroatoms. The molecule has 0 radical (unpaired) electrons. The summed E-state index contributed by atoms with van der Waals surface area (Å²) in [6.45, 7) is 11.0. The van der Waals surface area contributed by atoms with Gasteiger partial charge in [0.05, 0.1) is 11.0 Å². The zero-order valence-corrected chi connectivity index (χ0v) is 11.2. The van der Waals surface area contributed by atoms with Gasteiger partial charge < -0.3 is 9.84 Å². The number of rotatable bonds is 6. The van der Waals surface area contributed by atoms with Gasteiger partial charge in [-0.05, 0) is 26.4 Å². The molecule has 94 valence electrons. The van der Waals surface area contributed by atoms with Gasteiger partial charge in [0.1, 0.15) is 0 Å². The van der Waals surface area contributed by atoms with Crippen molar-refractivity contribution < 1.29 is 9.84 Å². The molecule has 1 aliphatic carbocycles. The third-order valence-electron chi connectivity index (χ3n) is 4.68. The van der Waals surface area contributed by atoms with Gasteiger partial charge in [-0.25, -0.2) is 0 Å². The van der Waals surface area contributed by atoms with Crippen molar-refractivity contribution in [2.75, 3.05) is 20.7 Å². The van der Waals surface area contributed by atoms with Gasteiger partial charge in [0, 0.05) is 7.11 Å². The van der Waals surface area contributed by atoms with Crippen molar-refractivity contribution in [1.82, 2.24) is 4.90 Å². The third kappa shape index (κ3) is 1.09. The highest BCUT2D eigenvalue weighted by molar-refractivity contribution is 5.39. The van der Waals surface area contributed by atoms with Crippen LogP contribution in [-0.4, -0.2) is 42.0 Å². The summed E-state index contributed by atoms with van der Waals surface area (Å²) >= 11 is 0. The van der Waals surface area contributed by atoms with Crippen LogP contribution in [0.15, 0.2) is 12.7 Å². The Balaban J connectivity index is 3.25. The number of ether oxygens (including phenoxy) is 1. The van der Waals surface area contributed by atoms with Gasteiger partial charge in [0.15, 0.2) is 5.79 Å². The summed E-state index contributed by atoms with van der Waals surface area (Å²) < 4.78 is 5.42. The van der Waals surface area contributed by atoms with E-state index in [-0.39, 0.29) is 11.0 Å². The van der Waals surface area contributed by atoms with Crippen LogP contribution in [0.5, 0.6) is 0 Å². The fourth-order valence-corrected chi connectivity index (χ4v) is 3.68. The van der Waals surface area contributed by atoms with Crippen LogP contribution in [0.1, 0.15) is 33.6 Å². The van der Waals surface area contributed by atoms with Crippen molar-refractivity contribution in [3.8, 4) is 0 Å². The Labute approximate surface area is 99.1 Å². The Kier molecular flexibility index (Phi) is 3.53. The molecule has 3 atom stereocenters. The predicted octanol–water partition coefficient (Wildman–Crippen LogP) is 2.02. The SMILES string of the molecule is C=CC1(CC)C(O)(OC)C1(CC)N(C)CC. The van der Waals surface area contributed by atoms with Crippen LogP contribution in [-0.2, 0) is 4.74 Å². The molecule has 0 spiro atoms. The van der Waals surface area contributed by atoms with E-state index >= 15 is 0 Å². The third-order valence-corrected chi connectivity index (χ3v) is 4.68. The molecule has 16 heavy (non-hydrogen) atoms. The smallest absolute Gasteiger partial charge is 0.196 e. The molecule has 1 fully saturated rings. The maximum atomic E-state index is 10.7. The molecule has 1 saturated carbocycles. The van der Waals surface area contributed by atoms with Crippen molar-refractivity contribution in [3.05, 3.63) is 12.7 Å². The highest BCUT2D eigenvalue weighted by Crippen LogP contribution is 2.72. The first kappa shape index (κ1) is 13.7. The first-order valence-electron chi connectivity index (χ1n) is 6.10. The molecule has 0 aromatic rings. The largest absolute Gasteiger partial charge is 0.363 e. The Morgan fingerprint density at radius 3 is 2.06 bits per heavy atom. The molecule has 0 heterocycles. The van der Waals surface area contributed by atoms with Gasteiger partial charge in [-0.1, -0.05) is 26.8 Å². The number of methoxy groups -OCH3 is 1. The summed E-state index contributed by atoms with van der Waals surface area (Å²) in [6, 6.07) is 0. The summed E-state index contributed by atoms with van der Waals surface area (Å²) in [5, 5.41) is 10.7. The normalized spacial score (nSPS) is 42.4. The van der Waals surface area contributed by atoms with Crippen molar-refractivity contribution in [2.45, 2.75) is 44.9 Å². The summed E-state index contributed by atoms with van der Waals surface area (Å²) in [5.74, 6) is -1.10. The minimum absolute atomic E-state index is 0.333. The van der Waals surface area contributed by atoms with Crippen molar-refractivity contribution >= 4 is 0 Å². The van der Waals surface area contributed by atoms with Crippen LogP contribution in [0.3, 0.4) is 0 Å². The topological polar surface area (TPSA) is 32.7 Å². The molecule has 1 N–H and O–H groups in total. The van der Waals surface area contributed by atoms with E-state index in [1.807, 2.05) is 13.1 Å². The Hall–Kier alpha value is -0.380. The second kappa shape index (κ2) is 4.13. The van der Waals surface area contributed by atoms with Gasteiger partial charge >= 0.3 is 0 Å². The van der Waals surface area contributed by atoms with Crippen molar-refractivity contribution in [3.63, 3.8) is 0 Å². The first-order chi connectivity index (χ1) is 7.47. The lowest BCUT2D eigenvalue weighted by atomic mass is 9.93. The van der Waals surface area contributed by atoms with E-state index in [1.165, 1.54) is 0 Å².